The molecule has 4 nitrogen and oxygen atoms in total. The maximum Gasteiger partial charge on any atom is 0.335 e. The van der Waals surface area contributed by atoms with E-state index in [0.717, 1.165) is 5.56 Å². The van der Waals surface area contributed by atoms with Crippen LogP contribution in [0, 0.1) is 0 Å². The number of carbonyl (C=O) groups excluding carboxylic acids is 1. The largest absolute Gasteiger partial charge is 0.478 e. The molecule has 0 heterocycles. The SMILES string of the molecule is CCc1cc(OC=O)cc(C(=O)O)c1. The lowest BCUT2D eigenvalue weighted by molar-refractivity contribution is -0.120. The maximum atomic E-state index is 10.7. The van der Waals surface area contributed by atoms with Crippen molar-refractivity contribution < 1.29 is 19.4 Å². The molecule has 0 saturated carbocycles. The molecule has 0 aliphatic heterocycles. The molecule has 0 aliphatic rings. The van der Waals surface area contributed by atoms with Gasteiger partial charge in [-0.05, 0) is 30.2 Å². The van der Waals surface area contributed by atoms with Crippen LogP contribution in [0.1, 0.15) is 22.8 Å². The van der Waals surface area contributed by atoms with E-state index in [1.807, 2.05) is 6.92 Å². The Morgan fingerprint density at radius 1 is 1.50 bits per heavy atom. The second-order valence-electron chi connectivity index (χ2n) is 2.74. The number of hydrogen-bond acceptors (Lipinski definition) is 3. The molecule has 0 aromatic heterocycles. The summed E-state index contributed by atoms with van der Waals surface area (Å²) in [7, 11) is 0. The second-order valence-corrected chi connectivity index (χ2v) is 2.74. The second kappa shape index (κ2) is 4.41. The number of aromatic carboxylic acids is 1. The molecule has 0 fully saturated rings. The molecule has 0 unspecified atom stereocenters. The van der Waals surface area contributed by atoms with Gasteiger partial charge in [0.15, 0.2) is 0 Å². The molecule has 0 saturated heterocycles. The fourth-order valence-electron chi connectivity index (χ4n) is 1.11. The van der Waals surface area contributed by atoms with Gasteiger partial charge >= 0.3 is 5.97 Å². The van der Waals surface area contributed by atoms with Crippen LogP contribution in [0.25, 0.3) is 0 Å². The van der Waals surface area contributed by atoms with Crippen molar-refractivity contribution in [3.8, 4) is 5.75 Å². The van der Waals surface area contributed by atoms with E-state index in [9.17, 15) is 9.59 Å². The van der Waals surface area contributed by atoms with Crippen molar-refractivity contribution in [2.45, 2.75) is 13.3 Å². The molecule has 0 spiro atoms. The van der Waals surface area contributed by atoms with Gasteiger partial charge in [0.1, 0.15) is 5.75 Å². The van der Waals surface area contributed by atoms with Crippen LogP contribution in [0.5, 0.6) is 5.75 Å². The quantitative estimate of drug-likeness (QED) is 0.737. The Morgan fingerprint density at radius 3 is 2.71 bits per heavy atom. The summed E-state index contributed by atoms with van der Waals surface area (Å²) in [5, 5.41) is 8.75. The van der Waals surface area contributed by atoms with E-state index in [1.165, 1.54) is 6.07 Å². The van der Waals surface area contributed by atoms with Gasteiger partial charge in [-0.1, -0.05) is 6.92 Å². The summed E-state index contributed by atoms with van der Waals surface area (Å²) in [5.41, 5.74) is 0.947. The minimum Gasteiger partial charge on any atom is -0.478 e. The summed E-state index contributed by atoms with van der Waals surface area (Å²) in [6.45, 7) is 2.17. The molecular weight excluding hydrogens is 184 g/mol. The third-order valence-electron chi connectivity index (χ3n) is 1.81. The molecule has 1 rings (SSSR count). The average molecular weight is 194 g/mol. The van der Waals surface area contributed by atoms with Crippen molar-refractivity contribution in [2.75, 3.05) is 0 Å². The number of rotatable bonds is 4. The predicted octanol–water partition coefficient (Wildman–Crippen LogP) is 1.48. The zero-order chi connectivity index (χ0) is 10.6. The molecule has 0 atom stereocenters. The molecule has 1 aromatic rings. The van der Waals surface area contributed by atoms with Crippen molar-refractivity contribution in [3.63, 3.8) is 0 Å². The first-order chi connectivity index (χ1) is 6.67. The first-order valence-corrected chi connectivity index (χ1v) is 4.15. The number of benzene rings is 1. The molecule has 1 aromatic carbocycles. The fraction of sp³-hybridized carbons (Fsp3) is 0.200. The molecule has 4 heteroatoms. The number of hydrogen-bond donors (Lipinski definition) is 1. The Labute approximate surface area is 81.1 Å². The normalized spacial score (nSPS) is 9.50. The first-order valence-electron chi connectivity index (χ1n) is 4.15. The van der Waals surface area contributed by atoms with Crippen LogP contribution in [0.15, 0.2) is 18.2 Å². The lowest BCUT2D eigenvalue weighted by Gasteiger charge is -2.03. The van der Waals surface area contributed by atoms with E-state index in [1.54, 1.807) is 12.1 Å². The Hall–Kier alpha value is -1.84. The Morgan fingerprint density at radius 2 is 2.21 bits per heavy atom. The van der Waals surface area contributed by atoms with Gasteiger partial charge < -0.3 is 9.84 Å². The zero-order valence-corrected chi connectivity index (χ0v) is 7.69. The van der Waals surface area contributed by atoms with Crippen molar-refractivity contribution in [1.82, 2.24) is 0 Å². The summed E-state index contributed by atoms with van der Waals surface area (Å²) in [6, 6.07) is 4.51. The van der Waals surface area contributed by atoms with Gasteiger partial charge in [0.05, 0.1) is 5.56 Å². The summed E-state index contributed by atoms with van der Waals surface area (Å²) in [4.78, 5) is 20.8. The van der Waals surface area contributed by atoms with Gasteiger partial charge in [0, 0.05) is 0 Å². The van der Waals surface area contributed by atoms with Crippen molar-refractivity contribution in [2.24, 2.45) is 0 Å². The zero-order valence-electron chi connectivity index (χ0n) is 7.69. The molecule has 0 aliphatic carbocycles. The molecule has 14 heavy (non-hydrogen) atoms. The Bertz CT molecular complexity index is 357. The van der Waals surface area contributed by atoms with E-state index in [2.05, 4.69) is 4.74 Å². The van der Waals surface area contributed by atoms with Gasteiger partial charge in [0.2, 0.25) is 0 Å². The maximum absolute atomic E-state index is 10.7. The minimum atomic E-state index is -1.03. The summed E-state index contributed by atoms with van der Waals surface area (Å²) >= 11 is 0. The molecule has 74 valence electrons. The number of carboxylic acids is 1. The van der Waals surface area contributed by atoms with Crippen LogP contribution >= 0.6 is 0 Å². The van der Waals surface area contributed by atoms with Gasteiger partial charge in [-0.3, -0.25) is 4.79 Å². The summed E-state index contributed by atoms with van der Waals surface area (Å²) < 4.78 is 4.60. The van der Waals surface area contributed by atoms with Gasteiger partial charge in [-0.2, -0.15) is 0 Å². The number of carbonyl (C=O) groups is 2. The minimum absolute atomic E-state index is 0.126. The summed E-state index contributed by atoms with van der Waals surface area (Å²) in [6.07, 6.45) is 0.691. The standard InChI is InChI=1S/C10H10O4/c1-2-7-3-8(10(12)13)5-9(4-7)14-6-11/h3-6H,2H2,1H3,(H,12,13). The smallest absolute Gasteiger partial charge is 0.335 e. The van der Waals surface area contributed by atoms with Crippen LogP contribution in [-0.2, 0) is 11.2 Å². The highest BCUT2D eigenvalue weighted by Crippen LogP contribution is 2.17. The first kappa shape index (κ1) is 10.2. The van der Waals surface area contributed by atoms with Gasteiger partial charge in [-0.25, -0.2) is 4.79 Å². The molecule has 0 amide bonds. The van der Waals surface area contributed by atoms with E-state index < -0.39 is 5.97 Å². The van der Waals surface area contributed by atoms with E-state index in [-0.39, 0.29) is 17.8 Å². The highest BCUT2D eigenvalue weighted by Gasteiger charge is 2.06. The van der Waals surface area contributed by atoms with Gasteiger partial charge in [0.25, 0.3) is 6.47 Å². The van der Waals surface area contributed by atoms with E-state index in [4.69, 9.17) is 5.11 Å². The Balaban J connectivity index is 3.12. The molecule has 0 radical (unpaired) electrons. The molecule has 1 N–H and O–H groups in total. The third-order valence-corrected chi connectivity index (χ3v) is 1.81. The lowest BCUT2D eigenvalue weighted by Crippen LogP contribution is -1.99. The highest BCUT2D eigenvalue weighted by molar-refractivity contribution is 5.88. The van der Waals surface area contributed by atoms with E-state index >= 15 is 0 Å². The van der Waals surface area contributed by atoms with Crippen LogP contribution in [-0.4, -0.2) is 17.5 Å². The summed E-state index contributed by atoms with van der Waals surface area (Å²) in [5.74, 6) is -0.771. The molecular formula is C10H10O4. The number of carboxylic acid groups (broad SMARTS) is 1. The van der Waals surface area contributed by atoms with Crippen LogP contribution in [0.3, 0.4) is 0 Å². The topological polar surface area (TPSA) is 63.6 Å². The van der Waals surface area contributed by atoms with Crippen LogP contribution in [0.2, 0.25) is 0 Å². The lowest BCUT2D eigenvalue weighted by atomic mass is 10.1. The van der Waals surface area contributed by atoms with Crippen molar-refractivity contribution in [3.05, 3.63) is 29.3 Å². The van der Waals surface area contributed by atoms with Gasteiger partial charge in [-0.15, -0.1) is 0 Å². The van der Waals surface area contributed by atoms with Crippen molar-refractivity contribution >= 4 is 12.4 Å². The van der Waals surface area contributed by atoms with E-state index in [0.29, 0.717) is 6.42 Å². The van der Waals surface area contributed by atoms with Crippen LogP contribution in [0.4, 0.5) is 0 Å². The number of aryl methyl sites for hydroxylation is 1. The molecule has 0 bridgehead atoms. The van der Waals surface area contributed by atoms with Crippen LogP contribution < -0.4 is 4.74 Å². The monoisotopic (exact) mass is 194 g/mol. The Kier molecular flexibility index (Phi) is 3.23. The predicted molar refractivity (Wildman–Crippen MR) is 49.5 cm³/mol. The number of ether oxygens (including phenoxy) is 1. The van der Waals surface area contributed by atoms with Crippen molar-refractivity contribution in [1.29, 1.82) is 0 Å². The average Bonchev–Trinajstić information content (AvgIpc) is 2.17. The third kappa shape index (κ3) is 2.32. The highest BCUT2D eigenvalue weighted by atomic mass is 16.5. The fourth-order valence-corrected chi connectivity index (χ4v) is 1.11.